The Bertz CT molecular complexity index is 256. The van der Waals surface area contributed by atoms with E-state index in [4.69, 9.17) is 0 Å². The van der Waals surface area contributed by atoms with Crippen molar-refractivity contribution in [3.63, 3.8) is 0 Å². The summed E-state index contributed by atoms with van der Waals surface area (Å²) in [5.74, 6) is -0.116. The number of ketones is 1. The number of allylic oxidation sites excluding steroid dienone is 1. The largest absolute Gasteiger partial charge is 0.328 e. The van der Waals surface area contributed by atoms with Gasteiger partial charge in [-0.2, -0.15) is 0 Å². The average molecular weight is 135 g/mol. The van der Waals surface area contributed by atoms with E-state index in [-0.39, 0.29) is 11.7 Å². The molecule has 1 aliphatic heterocycles. The molecule has 0 saturated carbocycles. The second kappa shape index (κ2) is 1.56. The third-order valence-corrected chi connectivity index (χ3v) is 1.67. The number of carbonyl (C=O) groups is 2. The summed E-state index contributed by atoms with van der Waals surface area (Å²) in [6.07, 6.45) is 3.52. The van der Waals surface area contributed by atoms with Crippen LogP contribution in [-0.2, 0) is 9.59 Å². The van der Waals surface area contributed by atoms with Gasteiger partial charge in [0, 0.05) is 23.8 Å². The molecule has 0 bridgehead atoms. The average Bonchev–Trinajstić information content (AvgIpc) is 2.41. The van der Waals surface area contributed by atoms with Crippen LogP contribution in [0.2, 0.25) is 0 Å². The summed E-state index contributed by atoms with van der Waals surface area (Å²) in [4.78, 5) is 21.7. The molecule has 2 rings (SSSR count). The van der Waals surface area contributed by atoms with E-state index in [0.29, 0.717) is 17.6 Å². The van der Waals surface area contributed by atoms with Crippen molar-refractivity contribution in [2.75, 3.05) is 0 Å². The summed E-state index contributed by atoms with van der Waals surface area (Å²) in [6.45, 7) is 0. The van der Waals surface area contributed by atoms with Crippen molar-refractivity contribution in [3.05, 3.63) is 23.4 Å². The van der Waals surface area contributed by atoms with Crippen LogP contribution in [0.15, 0.2) is 23.4 Å². The van der Waals surface area contributed by atoms with Gasteiger partial charge in [-0.3, -0.25) is 9.59 Å². The molecule has 0 aromatic rings. The maximum absolute atomic E-state index is 10.9. The summed E-state index contributed by atoms with van der Waals surface area (Å²) in [7, 11) is 0. The van der Waals surface area contributed by atoms with E-state index in [0.717, 1.165) is 0 Å². The highest BCUT2D eigenvalue weighted by Crippen LogP contribution is 2.24. The molecule has 0 fully saturated rings. The van der Waals surface area contributed by atoms with E-state index in [1.165, 1.54) is 6.20 Å². The number of Topliss-reactive ketones (excluding diaryl/α,β-unsaturated/α-hetero) is 1. The molecule has 1 N–H and O–H groups in total. The maximum Gasteiger partial charge on any atom is 0.255 e. The van der Waals surface area contributed by atoms with Crippen molar-refractivity contribution in [1.29, 1.82) is 0 Å². The first kappa shape index (κ1) is 5.41. The van der Waals surface area contributed by atoms with Crippen molar-refractivity contribution in [2.45, 2.75) is 6.42 Å². The minimum absolute atomic E-state index is 0.0355. The second-order valence-corrected chi connectivity index (χ2v) is 2.28. The first-order chi connectivity index (χ1) is 4.79. The minimum atomic E-state index is -0.152. The number of hydrogen-bond acceptors (Lipinski definition) is 2. The van der Waals surface area contributed by atoms with Gasteiger partial charge in [0.2, 0.25) is 0 Å². The summed E-state index contributed by atoms with van der Waals surface area (Å²) >= 11 is 0. The molecule has 1 amide bonds. The molecule has 10 heavy (non-hydrogen) atoms. The van der Waals surface area contributed by atoms with Crippen molar-refractivity contribution < 1.29 is 9.59 Å². The van der Waals surface area contributed by atoms with Gasteiger partial charge in [0.1, 0.15) is 0 Å². The van der Waals surface area contributed by atoms with Crippen LogP contribution in [0.25, 0.3) is 0 Å². The minimum Gasteiger partial charge on any atom is -0.328 e. The number of rotatable bonds is 0. The molecule has 0 radical (unpaired) electrons. The van der Waals surface area contributed by atoms with E-state index in [9.17, 15) is 9.59 Å². The summed E-state index contributed by atoms with van der Waals surface area (Å²) in [5.41, 5.74) is 1.09. The van der Waals surface area contributed by atoms with Crippen LogP contribution >= 0.6 is 0 Å². The Morgan fingerprint density at radius 3 is 2.80 bits per heavy atom. The fourth-order valence-corrected chi connectivity index (χ4v) is 1.15. The predicted octanol–water partition coefficient (Wildman–Crippen LogP) is -0.101. The van der Waals surface area contributed by atoms with Gasteiger partial charge in [-0.15, -0.1) is 0 Å². The first-order valence-corrected chi connectivity index (χ1v) is 3.04. The van der Waals surface area contributed by atoms with Gasteiger partial charge in [-0.1, -0.05) is 6.08 Å². The maximum atomic E-state index is 10.9. The lowest BCUT2D eigenvalue weighted by Gasteiger charge is -1.86. The molecule has 3 nitrogen and oxygen atoms in total. The lowest BCUT2D eigenvalue weighted by molar-refractivity contribution is -0.116. The monoisotopic (exact) mass is 135 g/mol. The molecule has 0 atom stereocenters. The summed E-state index contributed by atoms with van der Waals surface area (Å²) in [5, 5.41) is 2.46. The molecule has 1 aliphatic carbocycles. The van der Waals surface area contributed by atoms with Crippen molar-refractivity contribution in [3.8, 4) is 0 Å². The normalized spacial score (nSPS) is 22.0. The zero-order chi connectivity index (χ0) is 7.14. The van der Waals surface area contributed by atoms with Gasteiger partial charge < -0.3 is 5.32 Å². The van der Waals surface area contributed by atoms with E-state index in [1.807, 2.05) is 0 Å². The second-order valence-electron chi connectivity index (χ2n) is 2.28. The first-order valence-electron chi connectivity index (χ1n) is 3.04. The zero-order valence-electron chi connectivity index (χ0n) is 5.18. The smallest absolute Gasteiger partial charge is 0.255 e. The molecule has 3 heteroatoms. The molecule has 2 aliphatic rings. The molecule has 0 aromatic carbocycles. The molecule has 50 valence electrons. The zero-order valence-corrected chi connectivity index (χ0v) is 5.18. The molecule has 0 aromatic heterocycles. The predicted molar refractivity (Wildman–Crippen MR) is 33.9 cm³/mol. The van der Waals surface area contributed by atoms with Gasteiger partial charge in [-0.05, 0) is 0 Å². The SMILES string of the molecule is O=C1CC=C2C(=O)NC=C12. The summed E-state index contributed by atoms with van der Waals surface area (Å²) in [6, 6.07) is 0. The van der Waals surface area contributed by atoms with E-state index in [1.54, 1.807) is 6.08 Å². The number of amides is 1. The van der Waals surface area contributed by atoms with Crippen molar-refractivity contribution in [2.24, 2.45) is 0 Å². The highest BCUT2D eigenvalue weighted by atomic mass is 16.2. The topological polar surface area (TPSA) is 46.2 Å². The van der Waals surface area contributed by atoms with Gasteiger partial charge in [0.25, 0.3) is 5.91 Å². The third kappa shape index (κ3) is 0.492. The molecular weight excluding hydrogens is 130 g/mol. The van der Waals surface area contributed by atoms with Gasteiger partial charge >= 0.3 is 0 Å². The molecular formula is C7H5NO2. The molecule has 0 spiro atoms. The molecule has 0 unspecified atom stereocenters. The van der Waals surface area contributed by atoms with E-state index < -0.39 is 0 Å². The molecule has 0 saturated heterocycles. The number of carbonyl (C=O) groups excluding carboxylic acids is 2. The van der Waals surface area contributed by atoms with Crippen molar-refractivity contribution in [1.82, 2.24) is 5.32 Å². The Balaban J connectivity index is 2.50. The standard InChI is InChI=1S/C7H5NO2/c9-6-2-1-4-5(6)3-8-7(4)10/h1,3H,2H2,(H,8,10). The number of nitrogens with one attached hydrogen (secondary N) is 1. The van der Waals surface area contributed by atoms with Gasteiger partial charge in [0.05, 0.1) is 0 Å². The lowest BCUT2D eigenvalue weighted by atomic mass is 10.1. The Labute approximate surface area is 57.4 Å². The van der Waals surface area contributed by atoms with Crippen LogP contribution in [0, 0.1) is 0 Å². The fourth-order valence-electron chi connectivity index (χ4n) is 1.15. The van der Waals surface area contributed by atoms with Gasteiger partial charge in [-0.25, -0.2) is 0 Å². The van der Waals surface area contributed by atoms with Gasteiger partial charge in [0.15, 0.2) is 5.78 Å². The van der Waals surface area contributed by atoms with Crippen LogP contribution in [0.4, 0.5) is 0 Å². The quantitative estimate of drug-likeness (QED) is 0.504. The fraction of sp³-hybridized carbons (Fsp3) is 0.143. The van der Waals surface area contributed by atoms with Crippen LogP contribution in [0.3, 0.4) is 0 Å². The Morgan fingerprint density at radius 1 is 1.30 bits per heavy atom. The van der Waals surface area contributed by atoms with Crippen LogP contribution in [-0.4, -0.2) is 11.7 Å². The highest BCUT2D eigenvalue weighted by Gasteiger charge is 2.29. The van der Waals surface area contributed by atoms with E-state index in [2.05, 4.69) is 5.32 Å². The highest BCUT2D eigenvalue weighted by molar-refractivity contribution is 6.18. The van der Waals surface area contributed by atoms with Crippen molar-refractivity contribution >= 4 is 11.7 Å². The van der Waals surface area contributed by atoms with E-state index >= 15 is 0 Å². The number of fused-ring (bicyclic) bond motifs is 1. The molecule has 1 heterocycles. The Kier molecular flexibility index (Phi) is 0.845. The Morgan fingerprint density at radius 2 is 2.10 bits per heavy atom. The van der Waals surface area contributed by atoms with Crippen LogP contribution in [0.1, 0.15) is 6.42 Å². The van der Waals surface area contributed by atoms with Crippen LogP contribution in [0.5, 0.6) is 0 Å². The van der Waals surface area contributed by atoms with Crippen LogP contribution < -0.4 is 5.32 Å². The Hall–Kier alpha value is -1.38. The third-order valence-electron chi connectivity index (χ3n) is 1.67. The summed E-state index contributed by atoms with van der Waals surface area (Å²) < 4.78 is 0. The number of hydrogen-bond donors (Lipinski definition) is 1. The lowest BCUT2D eigenvalue weighted by Crippen LogP contribution is -2.11.